The Morgan fingerprint density at radius 2 is 2.14 bits per heavy atom. The van der Waals surface area contributed by atoms with E-state index in [1.54, 1.807) is 0 Å². The molecule has 2 rings (SSSR count). The normalized spacial score (nSPS) is 25.3. The standard InChI is InChI=1S/C17H25N3O/c1-2-13-5-8-17(21,9-6-13)12-20-15-3-4-16(19)14(11-15)7-10-18/h3-4,11,13,20-21H,2,5-9,12,19H2,1H3. The highest BCUT2D eigenvalue weighted by Gasteiger charge is 2.32. The molecule has 0 heterocycles. The van der Waals surface area contributed by atoms with Gasteiger partial charge in [0.15, 0.2) is 0 Å². The Hall–Kier alpha value is -1.73. The van der Waals surface area contributed by atoms with Crippen LogP contribution in [0.5, 0.6) is 0 Å². The lowest BCUT2D eigenvalue weighted by Crippen LogP contribution is -2.40. The Labute approximate surface area is 127 Å². The van der Waals surface area contributed by atoms with Gasteiger partial charge >= 0.3 is 0 Å². The zero-order chi connectivity index (χ0) is 15.3. The van der Waals surface area contributed by atoms with E-state index in [2.05, 4.69) is 18.3 Å². The monoisotopic (exact) mass is 287 g/mol. The summed E-state index contributed by atoms with van der Waals surface area (Å²) in [4.78, 5) is 0. The second-order valence-corrected chi connectivity index (χ2v) is 6.18. The molecular weight excluding hydrogens is 262 g/mol. The fourth-order valence-corrected chi connectivity index (χ4v) is 3.02. The number of aliphatic hydroxyl groups is 1. The zero-order valence-electron chi connectivity index (χ0n) is 12.7. The van der Waals surface area contributed by atoms with Crippen LogP contribution in [0.2, 0.25) is 0 Å². The molecular formula is C17H25N3O. The lowest BCUT2D eigenvalue weighted by Gasteiger charge is -2.36. The summed E-state index contributed by atoms with van der Waals surface area (Å²) in [6, 6.07) is 7.73. The van der Waals surface area contributed by atoms with E-state index in [-0.39, 0.29) is 0 Å². The first-order chi connectivity index (χ1) is 10.1. The molecule has 1 fully saturated rings. The first kappa shape index (κ1) is 15.7. The predicted molar refractivity (Wildman–Crippen MR) is 85.9 cm³/mol. The Bertz CT molecular complexity index is 513. The lowest BCUT2D eigenvalue weighted by atomic mass is 9.78. The van der Waals surface area contributed by atoms with Gasteiger partial charge in [0.25, 0.3) is 0 Å². The topological polar surface area (TPSA) is 82.1 Å². The van der Waals surface area contributed by atoms with Crippen LogP contribution in [0.1, 0.15) is 44.6 Å². The third kappa shape index (κ3) is 4.12. The van der Waals surface area contributed by atoms with Crippen LogP contribution in [-0.4, -0.2) is 17.3 Å². The molecule has 0 saturated heterocycles. The molecule has 0 unspecified atom stereocenters. The van der Waals surface area contributed by atoms with Crippen molar-refractivity contribution in [3.8, 4) is 6.07 Å². The van der Waals surface area contributed by atoms with Crippen molar-refractivity contribution in [2.75, 3.05) is 17.6 Å². The molecule has 1 aromatic carbocycles. The molecule has 21 heavy (non-hydrogen) atoms. The lowest BCUT2D eigenvalue weighted by molar-refractivity contribution is 0.00229. The Morgan fingerprint density at radius 3 is 2.76 bits per heavy atom. The van der Waals surface area contributed by atoms with Crippen LogP contribution in [-0.2, 0) is 6.42 Å². The zero-order valence-corrected chi connectivity index (χ0v) is 12.7. The van der Waals surface area contributed by atoms with Crippen LogP contribution >= 0.6 is 0 Å². The minimum absolute atomic E-state index is 0.309. The molecule has 1 aliphatic rings. The van der Waals surface area contributed by atoms with Crippen molar-refractivity contribution < 1.29 is 5.11 Å². The van der Waals surface area contributed by atoms with E-state index in [1.165, 1.54) is 6.42 Å². The molecule has 4 N–H and O–H groups in total. The SMILES string of the molecule is CCC1CCC(O)(CNc2ccc(N)c(CC#N)c2)CC1. The van der Waals surface area contributed by atoms with E-state index in [0.717, 1.165) is 42.9 Å². The molecule has 0 radical (unpaired) electrons. The van der Waals surface area contributed by atoms with E-state index in [0.29, 0.717) is 18.7 Å². The summed E-state index contributed by atoms with van der Waals surface area (Å²) >= 11 is 0. The maximum Gasteiger partial charge on any atom is 0.0819 e. The van der Waals surface area contributed by atoms with Crippen molar-refractivity contribution in [3.05, 3.63) is 23.8 Å². The van der Waals surface area contributed by atoms with E-state index in [4.69, 9.17) is 11.0 Å². The highest BCUT2D eigenvalue weighted by molar-refractivity contribution is 5.58. The van der Waals surface area contributed by atoms with Gasteiger partial charge in [-0.05, 0) is 55.4 Å². The Balaban J connectivity index is 1.94. The van der Waals surface area contributed by atoms with E-state index < -0.39 is 5.60 Å². The van der Waals surface area contributed by atoms with Gasteiger partial charge in [-0.3, -0.25) is 0 Å². The predicted octanol–water partition coefficient (Wildman–Crippen LogP) is 3.08. The molecule has 4 heteroatoms. The van der Waals surface area contributed by atoms with E-state index in [9.17, 15) is 5.11 Å². The number of hydrogen-bond donors (Lipinski definition) is 3. The number of nitrogens with zero attached hydrogens (tertiary/aromatic N) is 1. The van der Waals surface area contributed by atoms with Crippen LogP contribution in [0.3, 0.4) is 0 Å². The fraction of sp³-hybridized carbons (Fsp3) is 0.588. The van der Waals surface area contributed by atoms with Crippen LogP contribution in [0.4, 0.5) is 11.4 Å². The number of hydrogen-bond acceptors (Lipinski definition) is 4. The third-order valence-corrected chi connectivity index (χ3v) is 4.65. The average molecular weight is 287 g/mol. The first-order valence-electron chi connectivity index (χ1n) is 7.78. The van der Waals surface area contributed by atoms with Crippen LogP contribution in [0.25, 0.3) is 0 Å². The van der Waals surface area contributed by atoms with Crippen molar-refractivity contribution in [1.29, 1.82) is 5.26 Å². The molecule has 0 spiro atoms. The molecule has 4 nitrogen and oxygen atoms in total. The minimum Gasteiger partial charge on any atom is -0.398 e. The van der Waals surface area contributed by atoms with Gasteiger partial charge in [0, 0.05) is 17.9 Å². The summed E-state index contributed by atoms with van der Waals surface area (Å²) in [5, 5.41) is 22.7. The van der Waals surface area contributed by atoms with Gasteiger partial charge in [0.2, 0.25) is 0 Å². The summed E-state index contributed by atoms with van der Waals surface area (Å²) in [6.07, 6.45) is 5.45. The molecule has 0 amide bonds. The highest BCUT2D eigenvalue weighted by Crippen LogP contribution is 2.34. The smallest absolute Gasteiger partial charge is 0.0819 e. The van der Waals surface area contributed by atoms with E-state index >= 15 is 0 Å². The minimum atomic E-state index is -0.609. The summed E-state index contributed by atoms with van der Waals surface area (Å²) in [5.41, 5.74) is 7.63. The second kappa shape index (κ2) is 6.82. The molecule has 1 aromatic rings. The van der Waals surface area contributed by atoms with Gasteiger partial charge in [-0.25, -0.2) is 0 Å². The second-order valence-electron chi connectivity index (χ2n) is 6.18. The van der Waals surface area contributed by atoms with Gasteiger partial charge in [0.05, 0.1) is 18.1 Å². The number of nitrogen functional groups attached to an aromatic ring is 1. The number of rotatable bonds is 5. The van der Waals surface area contributed by atoms with Crippen LogP contribution in [0, 0.1) is 17.2 Å². The largest absolute Gasteiger partial charge is 0.398 e. The fourth-order valence-electron chi connectivity index (χ4n) is 3.02. The number of benzene rings is 1. The summed E-state index contributed by atoms with van der Waals surface area (Å²) < 4.78 is 0. The van der Waals surface area contributed by atoms with Crippen LogP contribution < -0.4 is 11.1 Å². The Morgan fingerprint density at radius 1 is 1.43 bits per heavy atom. The summed E-state index contributed by atoms with van der Waals surface area (Å²) in [6.45, 7) is 2.78. The van der Waals surface area contributed by atoms with Crippen LogP contribution in [0.15, 0.2) is 18.2 Å². The van der Waals surface area contributed by atoms with Crippen molar-refractivity contribution in [1.82, 2.24) is 0 Å². The van der Waals surface area contributed by atoms with Crippen molar-refractivity contribution in [2.24, 2.45) is 5.92 Å². The quantitative estimate of drug-likeness (QED) is 0.727. The van der Waals surface area contributed by atoms with Gasteiger partial charge in [-0.2, -0.15) is 5.26 Å². The van der Waals surface area contributed by atoms with Gasteiger partial charge in [-0.1, -0.05) is 13.3 Å². The number of nitrogens with one attached hydrogen (secondary N) is 1. The number of nitriles is 1. The highest BCUT2D eigenvalue weighted by atomic mass is 16.3. The maximum absolute atomic E-state index is 10.6. The Kier molecular flexibility index (Phi) is 5.08. The molecule has 0 aromatic heterocycles. The molecule has 114 valence electrons. The summed E-state index contributed by atoms with van der Waals surface area (Å²) in [5.74, 6) is 0.768. The first-order valence-corrected chi connectivity index (χ1v) is 7.78. The molecule has 1 aliphatic carbocycles. The number of nitrogens with two attached hydrogens (primary N) is 1. The van der Waals surface area contributed by atoms with Gasteiger partial charge in [-0.15, -0.1) is 0 Å². The van der Waals surface area contributed by atoms with E-state index in [1.807, 2.05) is 18.2 Å². The average Bonchev–Trinajstić information content (AvgIpc) is 2.49. The van der Waals surface area contributed by atoms with Gasteiger partial charge in [0.1, 0.15) is 0 Å². The molecule has 1 saturated carbocycles. The molecule has 0 bridgehead atoms. The molecule has 0 aliphatic heterocycles. The van der Waals surface area contributed by atoms with Crippen molar-refractivity contribution in [2.45, 2.75) is 51.0 Å². The van der Waals surface area contributed by atoms with Crippen molar-refractivity contribution >= 4 is 11.4 Å². The maximum atomic E-state index is 10.6. The van der Waals surface area contributed by atoms with Gasteiger partial charge < -0.3 is 16.2 Å². The summed E-state index contributed by atoms with van der Waals surface area (Å²) in [7, 11) is 0. The molecule has 0 atom stereocenters. The van der Waals surface area contributed by atoms with Crippen molar-refractivity contribution in [3.63, 3.8) is 0 Å². The number of anilines is 2. The third-order valence-electron chi connectivity index (χ3n) is 4.65.